The number of hydrogen-bond donors (Lipinski definition) is 2. The van der Waals surface area contributed by atoms with Gasteiger partial charge in [0.1, 0.15) is 5.00 Å². The van der Waals surface area contributed by atoms with Crippen molar-refractivity contribution in [1.29, 1.82) is 0 Å². The van der Waals surface area contributed by atoms with Gasteiger partial charge in [-0.15, -0.1) is 11.3 Å². The molecule has 0 saturated carbocycles. The van der Waals surface area contributed by atoms with Gasteiger partial charge >= 0.3 is 11.9 Å². The van der Waals surface area contributed by atoms with Crippen LogP contribution in [-0.2, 0) is 20.7 Å². The van der Waals surface area contributed by atoms with Crippen molar-refractivity contribution in [2.45, 2.75) is 40.0 Å². The molecule has 2 N–H and O–H groups in total. The molecule has 0 radical (unpaired) electrons. The van der Waals surface area contributed by atoms with Crippen molar-refractivity contribution in [3.05, 3.63) is 16.0 Å². The van der Waals surface area contributed by atoms with Gasteiger partial charge in [0.2, 0.25) is 5.91 Å². The van der Waals surface area contributed by atoms with Gasteiger partial charge in [0.25, 0.3) is 0 Å². The lowest BCUT2D eigenvalue weighted by Crippen LogP contribution is -2.16. The average molecular weight is 313 g/mol. The van der Waals surface area contributed by atoms with Crippen LogP contribution in [0.25, 0.3) is 0 Å². The third-order valence-corrected chi connectivity index (χ3v) is 3.92. The number of aryl methyl sites for hydroxylation is 1. The predicted molar refractivity (Wildman–Crippen MR) is 79.9 cm³/mol. The molecule has 7 heteroatoms. The summed E-state index contributed by atoms with van der Waals surface area (Å²) in [5.41, 5.74) is 1.23. The van der Waals surface area contributed by atoms with Crippen LogP contribution in [0.15, 0.2) is 0 Å². The third kappa shape index (κ3) is 4.56. The molecule has 0 unspecified atom stereocenters. The molecule has 1 aromatic heterocycles. The lowest BCUT2D eigenvalue weighted by atomic mass is 10.1. The smallest absolute Gasteiger partial charge is 0.341 e. The van der Waals surface area contributed by atoms with Gasteiger partial charge < -0.3 is 15.2 Å². The summed E-state index contributed by atoms with van der Waals surface area (Å²) in [4.78, 5) is 35.2. The first-order valence-corrected chi connectivity index (χ1v) is 7.53. The highest BCUT2D eigenvalue weighted by Gasteiger charge is 2.23. The van der Waals surface area contributed by atoms with Crippen LogP contribution in [0.3, 0.4) is 0 Å². The quantitative estimate of drug-likeness (QED) is 0.755. The summed E-state index contributed by atoms with van der Waals surface area (Å²) in [6, 6.07) is 0. The molecule has 0 aliphatic carbocycles. The van der Waals surface area contributed by atoms with E-state index in [0.29, 0.717) is 17.0 Å². The van der Waals surface area contributed by atoms with Gasteiger partial charge in [0.15, 0.2) is 0 Å². The van der Waals surface area contributed by atoms with Crippen molar-refractivity contribution in [3.63, 3.8) is 0 Å². The Morgan fingerprint density at radius 1 is 1.24 bits per heavy atom. The van der Waals surface area contributed by atoms with Gasteiger partial charge in [-0.25, -0.2) is 4.79 Å². The Bertz CT molecular complexity index is 550. The fraction of sp³-hybridized carbons (Fsp3) is 0.500. The number of ether oxygens (including phenoxy) is 1. The molecule has 116 valence electrons. The first kappa shape index (κ1) is 17.2. The number of anilines is 1. The third-order valence-electron chi connectivity index (χ3n) is 2.86. The number of carboxylic acid groups (broad SMARTS) is 1. The number of carbonyl (C=O) groups excluding carboxylic acids is 2. The molecular weight excluding hydrogens is 294 g/mol. The summed E-state index contributed by atoms with van der Waals surface area (Å²) in [7, 11) is 0. The van der Waals surface area contributed by atoms with Crippen LogP contribution in [0.2, 0.25) is 0 Å². The second kappa shape index (κ2) is 7.78. The second-order valence-corrected chi connectivity index (χ2v) is 5.58. The van der Waals surface area contributed by atoms with Crippen molar-refractivity contribution in [2.75, 3.05) is 11.9 Å². The highest BCUT2D eigenvalue weighted by Crippen LogP contribution is 2.34. The molecule has 0 bridgehead atoms. The largest absolute Gasteiger partial charge is 0.481 e. The lowest BCUT2D eigenvalue weighted by molar-refractivity contribution is -0.138. The van der Waals surface area contributed by atoms with E-state index in [4.69, 9.17) is 9.84 Å². The fourth-order valence-corrected chi connectivity index (χ4v) is 3.07. The van der Waals surface area contributed by atoms with Crippen molar-refractivity contribution in [1.82, 2.24) is 0 Å². The normalized spacial score (nSPS) is 10.2. The number of rotatable bonds is 7. The average Bonchev–Trinajstić information content (AvgIpc) is 2.72. The fourth-order valence-electron chi connectivity index (χ4n) is 1.92. The van der Waals surface area contributed by atoms with Crippen molar-refractivity contribution >= 4 is 34.2 Å². The molecule has 21 heavy (non-hydrogen) atoms. The van der Waals surface area contributed by atoms with Crippen LogP contribution < -0.4 is 5.32 Å². The van der Waals surface area contributed by atoms with Crippen LogP contribution in [0, 0.1) is 6.92 Å². The number of carbonyl (C=O) groups is 3. The van der Waals surface area contributed by atoms with Gasteiger partial charge in [-0.1, -0.05) is 6.92 Å². The Balaban J connectivity index is 2.98. The Hall–Kier alpha value is -1.89. The summed E-state index contributed by atoms with van der Waals surface area (Å²) in [6.45, 7) is 5.77. The minimum Gasteiger partial charge on any atom is -0.481 e. The van der Waals surface area contributed by atoms with Crippen LogP contribution >= 0.6 is 11.3 Å². The van der Waals surface area contributed by atoms with E-state index >= 15 is 0 Å². The maximum Gasteiger partial charge on any atom is 0.341 e. The number of amides is 1. The summed E-state index contributed by atoms with van der Waals surface area (Å²) in [5.74, 6) is -1.92. The molecule has 1 heterocycles. The van der Waals surface area contributed by atoms with E-state index in [9.17, 15) is 14.4 Å². The standard InChI is InChI=1S/C14H19NO5S/c1-4-9-8(3)21-13(12(9)14(19)20-5-2)15-10(16)6-7-11(17)18/h4-7H2,1-3H3,(H,15,16)(H,17,18). The molecular formula is C14H19NO5S. The topological polar surface area (TPSA) is 92.7 Å². The SMILES string of the molecule is CCOC(=O)c1c(NC(=O)CCC(=O)O)sc(C)c1CC. The van der Waals surface area contributed by atoms with Crippen molar-refractivity contribution in [3.8, 4) is 0 Å². The zero-order valence-electron chi connectivity index (χ0n) is 12.3. The number of hydrogen-bond acceptors (Lipinski definition) is 5. The van der Waals surface area contributed by atoms with Crippen LogP contribution in [-0.4, -0.2) is 29.6 Å². The number of nitrogens with one attached hydrogen (secondary N) is 1. The van der Waals surface area contributed by atoms with E-state index in [1.807, 2.05) is 13.8 Å². The summed E-state index contributed by atoms with van der Waals surface area (Å²) >= 11 is 1.30. The number of esters is 1. The number of thiophene rings is 1. The molecule has 0 fully saturated rings. The first-order valence-electron chi connectivity index (χ1n) is 6.71. The zero-order chi connectivity index (χ0) is 16.0. The van der Waals surface area contributed by atoms with Gasteiger partial charge in [-0.3, -0.25) is 9.59 Å². The molecule has 1 amide bonds. The van der Waals surface area contributed by atoms with E-state index in [2.05, 4.69) is 5.32 Å². The number of carboxylic acids is 1. The Kier molecular flexibility index (Phi) is 6.36. The number of aliphatic carboxylic acids is 1. The maximum absolute atomic E-state index is 12.0. The van der Waals surface area contributed by atoms with Crippen molar-refractivity contribution in [2.24, 2.45) is 0 Å². The molecule has 1 rings (SSSR count). The van der Waals surface area contributed by atoms with Gasteiger partial charge in [-0.2, -0.15) is 0 Å². The Morgan fingerprint density at radius 3 is 2.43 bits per heavy atom. The van der Waals surface area contributed by atoms with Crippen LogP contribution in [0.5, 0.6) is 0 Å². The monoisotopic (exact) mass is 313 g/mol. The highest BCUT2D eigenvalue weighted by molar-refractivity contribution is 7.16. The van der Waals surface area contributed by atoms with Gasteiger partial charge in [0.05, 0.1) is 18.6 Å². The zero-order valence-corrected chi connectivity index (χ0v) is 13.1. The molecule has 0 atom stereocenters. The molecule has 6 nitrogen and oxygen atoms in total. The molecule has 0 saturated heterocycles. The van der Waals surface area contributed by atoms with E-state index in [1.165, 1.54) is 11.3 Å². The second-order valence-electron chi connectivity index (χ2n) is 4.36. The minimum atomic E-state index is -1.03. The van der Waals surface area contributed by atoms with Crippen LogP contribution in [0.4, 0.5) is 5.00 Å². The maximum atomic E-state index is 12.0. The lowest BCUT2D eigenvalue weighted by Gasteiger charge is -2.07. The Labute approximate surface area is 127 Å². The van der Waals surface area contributed by atoms with E-state index in [-0.39, 0.29) is 19.4 Å². The molecule has 0 aromatic carbocycles. The van der Waals surface area contributed by atoms with E-state index < -0.39 is 17.8 Å². The van der Waals surface area contributed by atoms with E-state index in [0.717, 1.165) is 10.4 Å². The van der Waals surface area contributed by atoms with E-state index in [1.54, 1.807) is 6.92 Å². The van der Waals surface area contributed by atoms with Crippen LogP contribution in [0.1, 0.15) is 47.5 Å². The molecule has 0 aliphatic heterocycles. The van der Waals surface area contributed by atoms with Gasteiger partial charge in [-0.05, 0) is 25.8 Å². The molecule has 0 spiro atoms. The minimum absolute atomic E-state index is 0.129. The summed E-state index contributed by atoms with van der Waals surface area (Å²) in [5, 5.41) is 11.6. The van der Waals surface area contributed by atoms with Gasteiger partial charge in [0, 0.05) is 11.3 Å². The molecule has 0 aliphatic rings. The Morgan fingerprint density at radius 2 is 1.90 bits per heavy atom. The van der Waals surface area contributed by atoms with Crippen molar-refractivity contribution < 1.29 is 24.2 Å². The predicted octanol–water partition coefficient (Wildman–Crippen LogP) is 2.60. The summed E-state index contributed by atoms with van der Waals surface area (Å²) < 4.78 is 5.03. The molecule has 1 aromatic rings. The highest BCUT2D eigenvalue weighted by atomic mass is 32.1. The first-order chi connectivity index (χ1) is 9.90. The summed E-state index contributed by atoms with van der Waals surface area (Å²) in [6.07, 6.45) is 0.281.